The van der Waals surface area contributed by atoms with Crippen LogP contribution in [0.4, 0.5) is 4.39 Å². The van der Waals surface area contributed by atoms with E-state index in [1.807, 2.05) is 13.8 Å². The highest BCUT2D eigenvalue weighted by atomic mass is 35.5. The molecule has 0 radical (unpaired) electrons. The Morgan fingerprint density at radius 2 is 2.11 bits per heavy atom. The normalized spacial score (nSPS) is 12.3. The van der Waals surface area contributed by atoms with Gasteiger partial charge in [0.05, 0.1) is 17.7 Å². The van der Waals surface area contributed by atoms with E-state index in [2.05, 4.69) is 4.74 Å². The second kappa shape index (κ2) is 6.59. The minimum absolute atomic E-state index is 0.0848. The molecule has 1 aromatic rings. The van der Waals surface area contributed by atoms with Gasteiger partial charge in [0.15, 0.2) is 0 Å². The number of benzene rings is 1. The Bertz CT molecular complexity index is 421. The third-order valence-electron chi connectivity index (χ3n) is 2.10. The van der Waals surface area contributed by atoms with Gasteiger partial charge >= 0.3 is 5.97 Å². The Morgan fingerprint density at radius 3 is 2.67 bits per heavy atom. The van der Waals surface area contributed by atoms with Crippen molar-refractivity contribution in [3.05, 3.63) is 28.8 Å². The quantitative estimate of drug-likeness (QED) is 0.768. The van der Waals surface area contributed by atoms with Gasteiger partial charge < -0.3 is 9.47 Å². The second-order valence-corrected chi connectivity index (χ2v) is 4.38. The van der Waals surface area contributed by atoms with E-state index in [4.69, 9.17) is 16.3 Å². The highest BCUT2D eigenvalue weighted by Crippen LogP contribution is 2.30. The lowest BCUT2D eigenvalue weighted by Crippen LogP contribution is -2.12. The van der Waals surface area contributed by atoms with E-state index in [0.717, 1.165) is 0 Å². The highest BCUT2D eigenvalue weighted by Gasteiger charge is 2.22. The summed E-state index contributed by atoms with van der Waals surface area (Å²) < 4.78 is 23.8. The molecule has 1 atom stereocenters. The summed E-state index contributed by atoms with van der Waals surface area (Å²) in [5, 5.41) is 0.378. The van der Waals surface area contributed by atoms with E-state index in [1.54, 1.807) is 6.92 Å². The molecule has 0 aliphatic heterocycles. The molecule has 5 heteroatoms. The Morgan fingerprint density at radius 1 is 1.44 bits per heavy atom. The summed E-state index contributed by atoms with van der Waals surface area (Å²) in [5.41, 5.74) is 0.175. The zero-order chi connectivity index (χ0) is 13.7. The standard InChI is InChI=1S/C13H16ClFO3/c1-4-17-13(16)12(15)9-5-6-10(14)11(7-9)18-8(2)3/h5-8,12H,4H2,1-3H3. The second-order valence-electron chi connectivity index (χ2n) is 3.97. The van der Waals surface area contributed by atoms with Crippen molar-refractivity contribution in [1.82, 2.24) is 0 Å². The average Bonchev–Trinajstić information content (AvgIpc) is 2.31. The molecule has 0 N–H and O–H groups in total. The first-order valence-electron chi connectivity index (χ1n) is 5.72. The molecule has 1 aromatic carbocycles. The summed E-state index contributed by atoms with van der Waals surface area (Å²) in [6, 6.07) is 4.36. The van der Waals surface area contributed by atoms with Crippen LogP contribution in [0.5, 0.6) is 5.75 Å². The van der Waals surface area contributed by atoms with Gasteiger partial charge in [0, 0.05) is 5.56 Å². The number of esters is 1. The van der Waals surface area contributed by atoms with Crippen LogP contribution in [0.25, 0.3) is 0 Å². The zero-order valence-electron chi connectivity index (χ0n) is 10.6. The van der Waals surface area contributed by atoms with Crippen molar-refractivity contribution >= 4 is 17.6 Å². The topological polar surface area (TPSA) is 35.5 Å². The molecule has 100 valence electrons. The smallest absolute Gasteiger partial charge is 0.345 e. The average molecular weight is 275 g/mol. The lowest BCUT2D eigenvalue weighted by atomic mass is 10.1. The molecule has 18 heavy (non-hydrogen) atoms. The van der Waals surface area contributed by atoms with Gasteiger partial charge in [0.25, 0.3) is 0 Å². The molecule has 0 amide bonds. The van der Waals surface area contributed by atoms with Crippen molar-refractivity contribution in [3.63, 3.8) is 0 Å². The molecule has 0 heterocycles. The highest BCUT2D eigenvalue weighted by molar-refractivity contribution is 6.32. The molecule has 0 spiro atoms. The lowest BCUT2D eigenvalue weighted by Gasteiger charge is -2.14. The number of carbonyl (C=O) groups is 1. The summed E-state index contributed by atoms with van der Waals surface area (Å²) in [6.07, 6.45) is -1.91. The fraction of sp³-hybridized carbons (Fsp3) is 0.462. The Balaban J connectivity index is 2.93. The number of carbonyl (C=O) groups excluding carboxylic acids is 1. The van der Waals surface area contributed by atoms with E-state index < -0.39 is 12.1 Å². The van der Waals surface area contributed by atoms with Crippen molar-refractivity contribution < 1.29 is 18.7 Å². The first-order valence-corrected chi connectivity index (χ1v) is 6.10. The first kappa shape index (κ1) is 14.8. The fourth-order valence-corrected chi connectivity index (χ4v) is 1.54. The minimum atomic E-state index is -1.82. The van der Waals surface area contributed by atoms with Crippen molar-refractivity contribution in [3.8, 4) is 5.75 Å². The molecule has 3 nitrogen and oxygen atoms in total. The Hall–Kier alpha value is -1.29. The van der Waals surface area contributed by atoms with E-state index in [1.165, 1.54) is 18.2 Å². The van der Waals surface area contributed by atoms with Crippen molar-refractivity contribution in [1.29, 1.82) is 0 Å². The summed E-state index contributed by atoms with van der Waals surface area (Å²) in [5.74, 6) is -0.550. The van der Waals surface area contributed by atoms with Crippen LogP contribution in [0.1, 0.15) is 32.5 Å². The van der Waals surface area contributed by atoms with Gasteiger partial charge in [-0.05, 0) is 32.9 Å². The van der Waals surface area contributed by atoms with Crippen LogP contribution in [0.15, 0.2) is 18.2 Å². The van der Waals surface area contributed by atoms with E-state index in [9.17, 15) is 9.18 Å². The maximum atomic E-state index is 13.8. The van der Waals surface area contributed by atoms with Crippen LogP contribution in [-0.4, -0.2) is 18.7 Å². The summed E-state index contributed by atoms with van der Waals surface area (Å²) in [4.78, 5) is 11.3. The first-order chi connectivity index (χ1) is 8.45. The third kappa shape index (κ3) is 3.88. The monoisotopic (exact) mass is 274 g/mol. The van der Waals surface area contributed by atoms with Crippen molar-refractivity contribution in [2.45, 2.75) is 33.0 Å². The molecule has 0 aromatic heterocycles. The molecule has 0 aliphatic rings. The van der Waals surface area contributed by atoms with Gasteiger partial charge in [-0.2, -0.15) is 0 Å². The molecule has 0 aliphatic carbocycles. The SMILES string of the molecule is CCOC(=O)C(F)c1ccc(Cl)c(OC(C)C)c1. The molecular formula is C13H16ClFO3. The summed E-state index contributed by atoms with van der Waals surface area (Å²) in [7, 11) is 0. The molecule has 1 unspecified atom stereocenters. The van der Waals surface area contributed by atoms with Gasteiger partial charge in [0.2, 0.25) is 6.17 Å². The van der Waals surface area contributed by atoms with Gasteiger partial charge in [-0.3, -0.25) is 0 Å². The number of hydrogen-bond acceptors (Lipinski definition) is 3. The third-order valence-corrected chi connectivity index (χ3v) is 2.42. The van der Waals surface area contributed by atoms with E-state index in [-0.39, 0.29) is 18.3 Å². The number of halogens is 2. The van der Waals surface area contributed by atoms with Gasteiger partial charge in [-0.15, -0.1) is 0 Å². The largest absolute Gasteiger partial charge is 0.489 e. The molecule has 0 saturated carbocycles. The fourth-order valence-electron chi connectivity index (χ4n) is 1.37. The Labute approximate surface area is 111 Å². The van der Waals surface area contributed by atoms with Crippen LogP contribution in [0, 0.1) is 0 Å². The number of rotatable bonds is 5. The molecule has 0 fully saturated rings. The number of ether oxygens (including phenoxy) is 2. The van der Waals surface area contributed by atoms with Gasteiger partial charge in [0.1, 0.15) is 5.75 Å². The maximum Gasteiger partial charge on any atom is 0.345 e. The minimum Gasteiger partial charge on any atom is -0.489 e. The van der Waals surface area contributed by atoms with Crippen molar-refractivity contribution in [2.75, 3.05) is 6.61 Å². The van der Waals surface area contributed by atoms with Crippen LogP contribution in [0.2, 0.25) is 5.02 Å². The predicted molar refractivity (Wildman–Crippen MR) is 67.7 cm³/mol. The van der Waals surface area contributed by atoms with Gasteiger partial charge in [-0.1, -0.05) is 17.7 Å². The molecule has 1 rings (SSSR count). The summed E-state index contributed by atoms with van der Waals surface area (Å²) in [6.45, 7) is 5.44. The number of hydrogen-bond donors (Lipinski definition) is 0. The van der Waals surface area contributed by atoms with Crippen LogP contribution >= 0.6 is 11.6 Å². The molecule has 0 bridgehead atoms. The van der Waals surface area contributed by atoms with Crippen molar-refractivity contribution in [2.24, 2.45) is 0 Å². The summed E-state index contributed by atoms with van der Waals surface area (Å²) >= 11 is 5.92. The molecule has 0 saturated heterocycles. The predicted octanol–water partition coefficient (Wildman–Crippen LogP) is 3.70. The van der Waals surface area contributed by atoms with Crippen LogP contribution < -0.4 is 4.74 Å². The molecular weight excluding hydrogens is 259 g/mol. The van der Waals surface area contributed by atoms with Crippen LogP contribution in [0.3, 0.4) is 0 Å². The van der Waals surface area contributed by atoms with Gasteiger partial charge in [-0.25, -0.2) is 9.18 Å². The Kier molecular flexibility index (Phi) is 5.41. The van der Waals surface area contributed by atoms with Crippen LogP contribution in [-0.2, 0) is 9.53 Å². The number of alkyl halides is 1. The van der Waals surface area contributed by atoms with E-state index >= 15 is 0 Å². The maximum absolute atomic E-state index is 13.8. The van der Waals surface area contributed by atoms with E-state index in [0.29, 0.717) is 10.8 Å². The zero-order valence-corrected chi connectivity index (χ0v) is 11.3. The lowest BCUT2D eigenvalue weighted by molar-refractivity contribution is -0.149.